The maximum absolute atomic E-state index is 13.3. The van der Waals surface area contributed by atoms with Crippen molar-refractivity contribution in [2.75, 3.05) is 47.3 Å². The molecule has 0 unspecified atom stereocenters. The lowest BCUT2D eigenvalue weighted by atomic mass is 9.95. The Kier molecular flexibility index (Phi) is 8.00. The SMILES string of the molecule is C[NH2+][C@H]1CCc2cc(OC)c(OC)c(OC)c2-c2ccc(NCCc3ccccc3OC)c(=O)cc21. The number of quaternary nitrogens is 1. The number of ether oxygens (including phenoxy) is 4. The quantitative estimate of drug-likeness (QED) is 0.476. The molecule has 0 aliphatic heterocycles. The van der Waals surface area contributed by atoms with Gasteiger partial charge in [0.1, 0.15) is 11.8 Å². The van der Waals surface area contributed by atoms with Gasteiger partial charge >= 0.3 is 0 Å². The number of nitrogens with two attached hydrogens (primary N) is 1. The molecular formula is C29H35N2O5+. The number of hydrogen-bond donors (Lipinski definition) is 2. The smallest absolute Gasteiger partial charge is 0.203 e. The lowest BCUT2D eigenvalue weighted by Gasteiger charge is -2.19. The third-order valence-electron chi connectivity index (χ3n) is 6.89. The second-order valence-corrected chi connectivity index (χ2v) is 8.77. The van der Waals surface area contributed by atoms with E-state index >= 15 is 0 Å². The van der Waals surface area contributed by atoms with E-state index in [1.54, 1.807) is 34.5 Å². The molecule has 7 heteroatoms. The molecule has 0 spiro atoms. The van der Waals surface area contributed by atoms with E-state index in [1.165, 1.54) is 0 Å². The minimum atomic E-state index is -0.0361. The van der Waals surface area contributed by atoms with Crippen molar-refractivity contribution < 1.29 is 24.3 Å². The zero-order valence-electron chi connectivity index (χ0n) is 21.6. The van der Waals surface area contributed by atoms with Crippen LogP contribution in [-0.2, 0) is 12.8 Å². The second kappa shape index (κ2) is 11.4. The van der Waals surface area contributed by atoms with Crippen molar-refractivity contribution in [1.29, 1.82) is 0 Å². The molecular weight excluding hydrogens is 456 g/mol. The standard InChI is InChI=1S/C29H34N2O5/c1-30-22-12-10-19-16-26(34-3)28(35-4)29(36-5)27(19)20-11-13-23(24(32)17-21(20)22)31-15-14-18-8-6-7-9-25(18)33-2/h6-9,11,13,16-17,22,30H,10,12,14-15H2,1-5H3,(H,31,32)/p+1/t22-/m0/s1. The predicted molar refractivity (Wildman–Crippen MR) is 142 cm³/mol. The maximum atomic E-state index is 13.3. The van der Waals surface area contributed by atoms with E-state index in [-0.39, 0.29) is 11.5 Å². The zero-order valence-corrected chi connectivity index (χ0v) is 21.6. The number of nitrogens with one attached hydrogen (secondary N) is 1. The lowest BCUT2D eigenvalue weighted by Crippen LogP contribution is -2.81. The van der Waals surface area contributed by atoms with Crippen LogP contribution in [-0.4, -0.2) is 42.0 Å². The van der Waals surface area contributed by atoms with Crippen molar-refractivity contribution >= 4 is 5.69 Å². The van der Waals surface area contributed by atoms with Gasteiger partial charge in [0.25, 0.3) is 0 Å². The summed E-state index contributed by atoms with van der Waals surface area (Å²) in [6, 6.07) is 15.8. The van der Waals surface area contributed by atoms with Gasteiger partial charge < -0.3 is 29.6 Å². The fraction of sp³-hybridized carbons (Fsp3) is 0.345. The van der Waals surface area contributed by atoms with Crippen LogP contribution in [0.1, 0.15) is 29.2 Å². The van der Waals surface area contributed by atoms with Crippen LogP contribution >= 0.6 is 0 Å². The third kappa shape index (κ3) is 4.84. The van der Waals surface area contributed by atoms with Crippen LogP contribution in [0.2, 0.25) is 0 Å². The summed E-state index contributed by atoms with van der Waals surface area (Å²) in [5.41, 5.74) is 5.64. The van der Waals surface area contributed by atoms with Gasteiger partial charge in [-0.2, -0.15) is 0 Å². The van der Waals surface area contributed by atoms with E-state index in [2.05, 4.69) is 10.6 Å². The van der Waals surface area contributed by atoms with Crippen molar-refractivity contribution in [2.45, 2.75) is 25.3 Å². The Balaban J connectivity index is 1.78. The number of rotatable bonds is 9. The molecule has 0 radical (unpaired) electrons. The molecule has 0 amide bonds. The Hall–Kier alpha value is -3.71. The first-order chi connectivity index (χ1) is 17.6. The van der Waals surface area contributed by atoms with Crippen LogP contribution < -0.4 is 35.0 Å². The molecule has 4 rings (SSSR count). The third-order valence-corrected chi connectivity index (χ3v) is 6.89. The van der Waals surface area contributed by atoms with Crippen LogP contribution in [0.4, 0.5) is 5.69 Å². The highest BCUT2D eigenvalue weighted by Crippen LogP contribution is 2.49. The van der Waals surface area contributed by atoms with E-state index in [9.17, 15) is 4.79 Å². The summed E-state index contributed by atoms with van der Waals surface area (Å²) in [7, 11) is 8.59. The van der Waals surface area contributed by atoms with Gasteiger partial charge in [-0.05, 0) is 53.8 Å². The van der Waals surface area contributed by atoms with E-state index in [0.29, 0.717) is 29.5 Å². The largest absolute Gasteiger partial charge is 0.496 e. The summed E-state index contributed by atoms with van der Waals surface area (Å²) in [6.45, 7) is 0.610. The van der Waals surface area contributed by atoms with Crippen molar-refractivity contribution in [3.63, 3.8) is 0 Å². The molecule has 0 fully saturated rings. The second-order valence-electron chi connectivity index (χ2n) is 8.77. The fourth-order valence-corrected chi connectivity index (χ4v) is 5.08. The van der Waals surface area contributed by atoms with Crippen LogP contribution in [0, 0.1) is 0 Å². The number of aryl methyl sites for hydroxylation is 1. The molecule has 1 aliphatic carbocycles. The van der Waals surface area contributed by atoms with Crippen molar-refractivity contribution in [1.82, 2.24) is 0 Å². The molecule has 3 aromatic carbocycles. The average Bonchev–Trinajstić information content (AvgIpc) is 3.15. The Bertz CT molecular complexity index is 1290. The molecule has 0 saturated heterocycles. The Morgan fingerprint density at radius 3 is 2.36 bits per heavy atom. The van der Waals surface area contributed by atoms with Crippen molar-refractivity contribution in [3.8, 4) is 34.1 Å². The van der Waals surface area contributed by atoms with E-state index in [0.717, 1.165) is 52.8 Å². The van der Waals surface area contributed by atoms with Gasteiger partial charge in [-0.15, -0.1) is 0 Å². The molecule has 3 N–H and O–H groups in total. The lowest BCUT2D eigenvalue weighted by molar-refractivity contribution is -0.670. The Morgan fingerprint density at radius 2 is 1.67 bits per heavy atom. The number of benzene rings is 2. The molecule has 7 nitrogen and oxygen atoms in total. The van der Waals surface area contributed by atoms with Crippen LogP contribution in [0.25, 0.3) is 11.1 Å². The summed E-state index contributed by atoms with van der Waals surface area (Å²) in [4.78, 5) is 13.3. The average molecular weight is 492 g/mol. The number of hydrogen-bond acceptors (Lipinski definition) is 6. The summed E-state index contributed by atoms with van der Waals surface area (Å²) in [5, 5.41) is 5.51. The monoisotopic (exact) mass is 491 g/mol. The van der Waals surface area contributed by atoms with E-state index < -0.39 is 0 Å². The van der Waals surface area contributed by atoms with Gasteiger partial charge in [-0.25, -0.2) is 0 Å². The number of methoxy groups -OCH3 is 4. The number of fused-ring (bicyclic) bond motifs is 3. The van der Waals surface area contributed by atoms with E-state index in [4.69, 9.17) is 18.9 Å². The van der Waals surface area contributed by atoms with Gasteiger partial charge in [0.15, 0.2) is 11.5 Å². The molecule has 0 saturated carbocycles. The molecule has 3 aromatic rings. The highest BCUT2D eigenvalue weighted by Gasteiger charge is 2.29. The number of para-hydroxylation sites is 1. The first kappa shape index (κ1) is 25.4. The Labute approximate surface area is 212 Å². The molecule has 36 heavy (non-hydrogen) atoms. The maximum Gasteiger partial charge on any atom is 0.203 e. The molecule has 1 aliphatic rings. The highest BCUT2D eigenvalue weighted by molar-refractivity contribution is 5.82. The zero-order chi connectivity index (χ0) is 25.7. The minimum absolute atomic E-state index is 0.0361. The first-order valence-electron chi connectivity index (χ1n) is 12.2. The van der Waals surface area contributed by atoms with E-state index in [1.807, 2.05) is 49.5 Å². The normalized spacial score (nSPS) is 14.2. The van der Waals surface area contributed by atoms with Gasteiger partial charge in [0.2, 0.25) is 11.2 Å². The summed E-state index contributed by atoms with van der Waals surface area (Å²) >= 11 is 0. The minimum Gasteiger partial charge on any atom is -0.496 e. The molecule has 190 valence electrons. The van der Waals surface area contributed by atoms with Crippen LogP contribution in [0.15, 0.2) is 53.3 Å². The van der Waals surface area contributed by atoms with Crippen LogP contribution in [0.5, 0.6) is 23.0 Å². The molecule has 0 bridgehead atoms. The summed E-state index contributed by atoms with van der Waals surface area (Å²) in [6.07, 6.45) is 2.45. The fourth-order valence-electron chi connectivity index (χ4n) is 5.08. The summed E-state index contributed by atoms with van der Waals surface area (Å²) in [5.74, 6) is 2.65. The van der Waals surface area contributed by atoms with Gasteiger partial charge in [-0.1, -0.05) is 24.3 Å². The molecule has 0 heterocycles. The van der Waals surface area contributed by atoms with Gasteiger partial charge in [0.05, 0.1) is 41.2 Å². The van der Waals surface area contributed by atoms with Gasteiger partial charge in [0, 0.05) is 24.1 Å². The van der Waals surface area contributed by atoms with Crippen molar-refractivity contribution in [2.24, 2.45) is 0 Å². The molecule has 1 atom stereocenters. The van der Waals surface area contributed by atoms with Crippen molar-refractivity contribution in [3.05, 3.63) is 75.4 Å². The summed E-state index contributed by atoms with van der Waals surface area (Å²) < 4.78 is 22.6. The molecule has 0 aromatic heterocycles. The van der Waals surface area contributed by atoms with Crippen LogP contribution in [0.3, 0.4) is 0 Å². The Morgan fingerprint density at radius 1 is 0.917 bits per heavy atom. The first-order valence-corrected chi connectivity index (χ1v) is 12.2. The topological polar surface area (TPSA) is 82.6 Å². The highest BCUT2D eigenvalue weighted by atomic mass is 16.5. The predicted octanol–water partition coefficient (Wildman–Crippen LogP) is 3.58. The van der Waals surface area contributed by atoms with Gasteiger partial charge in [-0.3, -0.25) is 4.79 Å². The number of anilines is 1.